The number of allylic oxidation sites excluding steroid dienone is 2. The molecule has 0 saturated heterocycles. The molecule has 0 spiro atoms. The Balaban J connectivity index is 1.60. The van der Waals surface area contributed by atoms with Gasteiger partial charge in [-0.15, -0.1) is 0 Å². The molecule has 4 N–H and O–H groups in total. The van der Waals surface area contributed by atoms with Crippen LogP contribution >= 0.6 is 11.9 Å². The molecule has 3 heterocycles. The van der Waals surface area contributed by atoms with E-state index in [1.54, 1.807) is 35.2 Å². The highest BCUT2D eigenvalue weighted by atomic mass is 32.2. The van der Waals surface area contributed by atoms with Crippen LogP contribution in [0, 0.1) is 0 Å². The molecule has 2 aromatic heterocycles. The lowest BCUT2D eigenvalue weighted by atomic mass is 10.1. The van der Waals surface area contributed by atoms with Gasteiger partial charge >= 0.3 is 0 Å². The second kappa shape index (κ2) is 11.3. The van der Waals surface area contributed by atoms with Gasteiger partial charge in [-0.2, -0.15) is 5.10 Å². The van der Waals surface area contributed by atoms with E-state index >= 15 is 0 Å². The molecule has 9 nitrogen and oxygen atoms in total. The number of H-pyrrole nitrogens is 1. The Morgan fingerprint density at radius 3 is 2.97 bits per heavy atom. The zero-order valence-electron chi connectivity index (χ0n) is 19.8. The Labute approximate surface area is 210 Å². The summed E-state index contributed by atoms with van der Waals surface area (Å²) in [4.78, 5) is 24.6. The van der Waals surface area contributed by atoms with Crippen LogP contribution in [0.15, 0.2) is 52.6 Å². The number of ketones is 1. The maximum Gasteiger partial charge on any atom is 0.214 e. The molecule has 0 radical (unpaired) electrons. The smallest absolute Gasteiger partial charge is 0.214 e. The molecule has 4 rings (SSSR count). The summed E-state index contributed by atoms with van der Waals surface area (Å²) in [6.07, 6.45) is 10.5. The average molecular weight is 517 g/mol. The number of carbonyl (C=O) groups excluding carboxylic acids is 1. The Morgan fingerprint density at radius 2 is 2.22 bits per heavy atom. The van der Waals surface area contributed by atoms with Gasteiger partial charge in [0.2, 0.25) is 11.7 Å². The topological polar surface area (TPSA) is 120 Å². The molecule has 0 amide bonds. The number of nitrogen functional groups attached to an aromatic ring is 1. The number of nitrogens with one attached hydrogen (secondary N) is 2. The molecule has 0 fully saturated rings. The van der Waals surface area contributed by atoms with Crippen LogP contribution in [0.1, 0.15) is 53.1 Å². The number of hydrogen-bond acceptors (Lipinski definition) is 8. The van der Waals surface area contributed by atoms with Gasteiger partial charge in [0.15, 0.2) is 5.76 Å². The summed E-state index contributed by atoms with van der Waals surface area (Å²) in [6, 6.07) is 1.26. The van der Waals surface area contributed by atoms with E-state index in [1.165, 1.54) is 31.3 Å². The van der Waals surface area contributed by atoms with Crippen LogP contribution in [0.25, 0.3) is 12.2 Å². The summed E-state index contributed by atoms with van der Waals surface area (Å²) in [5, 5.41) is 4.35. The van der Waals surface area contributed by atoms with Crippen molar-refractivity contribution in [2.75, 3.05) is 25.3 Å². The van der Waals surface area contributed by atoms with Gasteiger partial charge in [0, 0.05) is 39.5 Å². The molecule has 1 unspecified atom stereocenters. The second-order valence-electron chi connectivity index (χ2n) is 8.14. The second-order valence-corrected chi connectivity index (χ2v) is 9.04. The van der Waals surface area contributed by atoms with E-state index < -0.39 is 6.67 Å². The molecule has 2 aliphatic rings. The minimum atomic E-state index is -0.409. The number of hydrogen-bond donors (Lipinski definition) is 3. The predicted molar refractivity (Wildman–Crippen MR) is 136 cm³/mol. The number of carbonyl (C=O) groups is 1. The van der Waals surface area contributed by atoms with Crippen LogP contribution in [0.3, 0.4) is 0 Å². The summed E-state index contributed by atoms with van der Waals surface area (Å²) in [5.74, 6) is 0.907. The Kier molecular flexibility index (Phi) is 7.93. The fraction of sp³-hybridized carbons (Fsp3) is 0.292. The first-order valence-electron chi connectivity index (χ1n) is 11.2. The van der Waals surface area contributed by atoms with E-state index in [0.29, 0.717) is 35.0 Å². The third-order valence-electron chi connectivity index (χ3n) is 5.65. The first-order valence-corrected chi connectivity index (χ1v) is 12.1. The van der Waals surface area contributed by atoms with Gasteiger partial charge in [-0.3, -0.25) is 14.1 Å². The number of nitrogens with two attached hydrogens (primary N) is 1. The summed E-state index contributed by atoms with van der Waals surface area (Å²) in [5.41, 5.74) is 9.53. The van der Waals surface area contributed by atoms with Crippen molar-refractivity contribution in [2.45, 2.75) is 25.8 Å². The van der Waals surface area contributed by atoms with E-state index in [0.717, 1.165) is 5.57 Å². The lowest BCUT2D eigenvalue weighted by molar-refractivity contribution is -0.0835. The Hall–Kier alpha value is -3.80. The van der Waals surface area contributed by atoms with Crippen molar-refractivity contribution in [3.63, 3.8) is 0 Å². The molecular weight excluding hydrogens is 490 g/mol. The minimum absolute atomic E-state index is 0.0731. The van der Waals surface area contributed by atoms with Crippen molar-refractivity contribution >= 4 is 41.6 Å². The largest absolute Gasteiger partial charge is 0.481 e. The van der Waals surface area contributed by atoms with Crippen molar-refractivity contribution in [1.29, 1.82) is 0 Å². The number of nitrogens with zero attached hydrogens (tertiary/aromatic N) is 3. The number of ether oxygens (including phenoxy) is 1. The normalized spacial score (nSPS) is 17.2. The maximum atomic E-state index is 13.3. The van der Waals surface area contributed by atoms with Gasteiger partial charge in [-0.1, -0.05) is 11.9 Å². The van der Waals surface area contributed by atoms with E-state index in [2.05, 4.69) is 24.7 Å². The molecule has 0 saturated carbocycles. The highest BCUT2D eigenvalue weighted by Crippen LogP contribution is 2.30. The van der Waals surface area contributed by atoms with Gasteiger partial charge in [-0.05, 0) is 43.2 Å². The van der Waals surface area contributed by atoms with Gasteiger partial charge in [-0.25, -0.2) is 9.67 Å². The Morgan fingerprint density at radius 1 is 1.39 bits per heavy atom. The first-order chi connectivity index (χ1) is 17.4. The van der Waals surface area contributed by atoms with E-state index in [9.17, 15) is 13.7 Å². The SMILES string of the molecule is COC1=NC=CC(n2ncc(C(=O)c3cc4c([nH]3)C=C(NSCCCF)CC(OF)=C4)c2N)C(C)=C1. The molecule has 1 aliphatic heterocycles. The molecule has 1 atom stereocenters. The molecule has 12 heteroatoms. The van der Waals surface area contributed by atoms with Crippen LogP contribution in [0.5, 0.6) is 0 Å². The number of halogens is 2. The fourth-order valence-electron chi connectivity index (χ4n) is 3.84. The van der Waals surface area contributed by atoms with Gasteiger partial charge in [0.25, 0.3) is 0 Å². The van der Waals surface area contributed by atoms with Crippen molar-refractivity contribution in [2.24, 2.45) is 4.99 Å². The molecule has 1 aliphatic carbocycles. The molecular formula is C24H26F2N6O3S. The molecule has 36 heavy (non-hydrogen) atoms. The third-order valence-corrected chi connectivity index (χ3v) is 6.55. The highest BCUT2D eigenvalue weighted by molar-refractivity contribution is 7.97. The van der Waals surface area contributed by atoms with E-state index in [-0.39, 0.29) is 41.1 Å². The van der Waals surface area contributed by atoms with E-state index in [1.807, 2.05) is 6.92 Å². The number of aliphatic imine (C=N–C) groups is 1. The standard InChI is InChI=1S/C24H26F2N6O3S/c1-14-8-22(34-2)28-6-4-21(14)32-24(27)18(13-29-32)23(33)20-10-15-9-17(35-26)11-16(12-19(15)30-20)31-36-7-3-5-25/h4,6,8-10,12-13,21,30-31H,3,5,7,11,27H2,1-2H3. The predicted octanol–water partition coefficient (Wildman–Crippen LogP) is 4.67. The summed E-state index contributed by atoms with van der Waals surface area (Å²) < 4.78 is 35.3. The quantitative estimate of drug-likeness (QED) is 0.252. The first kappa shape index (κ1) is 25.3. The number of aromatic amines is 1. The number of rotatable bonds is 9. The highest BCUT2D eigenvalue weighted by Gasteiger charge is 2.24. The van der Waals surface area contributed by atoms with Crippen molar-refractivity contribution in [1.82, 2.24) is 19.5 Å². The van der Waals surface area contributed by atoms with Crippen LogP contribution < -0.4 is 10.5 Å². The molecule has 2 aromatic rings. The van der Waals surface area contributed by atoms with Crippen molar-refractivity contribution in [3.8, 4) is 0 Å². The number of methoxy groups -OCH3 is 1. The molecule has 0 aromatic carbocycles. The lowest BCUT2D eigenvalue weighted by Gasteiger charge is -2.15. The zero-order valence-corrected chi connectivity index (χ0v) is 20.6. The fourth-order valence-corrected chi connectivity index (χ4v) is 4.51. The minimum Gasteiger partial charge on any atom is -0.481 e. The van der Waals surface area contributed by atoms with E-state index in [4.69, 9.17) is 10.5 Å². The van der Waals surface area contributed by atoms with Crippen LogP contribution in [-0.4, -0.2) is 46.0 Å². The summed E-state index contributed by atoms with van der Waals surface area (Å²) in [7, 11) is 1.53. The van der Waals surface area contributed by atoms with Gasteiger partial charge in [0.05, 0.1) is 43.7 Å². The summed E-state index contributed by atoms with van der Waals surface area (Å²) in [6.45, 7) is 1.48. The molecule has 190 valence electrons. The molecule has 0 bridgehead atoms. The third kappa shape index (κ3) is 5.38. The van der Waals surface area contributed by atoms with Crippen molar-refractivity contribution in [3.05, 3.63) is 70.2 Å². The summed E-state index contributed by atoms with van der Waals surface area (Å²) >= 11 is 1.31. The average Bonchev–Trinajstić information content (AvgIpc) is 3.33. The maximum absolute atomic E-state index is 13.3. The van der Waals surface area contributed by atoms with Crippen LogP contribution in [0.4, 0.5) is 14.7 Å². The van der Waals surface area contributed by atoms with Crippen LogP contribution in [0.2, 0.25) is 0 Å². The zero-order chi connectivity index (χ0) is 25.7. The number of aromatic nitrogens is 3. The Bertz CT molecular complexity index is 1290. The number of fused-ring (bicyclic) bond motifs is 1. The monoisotopic (exact) mass is 516 g/mol. The lowest BCUT2D eigenvalue weighted by Crippen LogP contribution is -2.14. The van der Waals surface area contributed by atoms with Gasteiger partial charge < -0.3 is 20.2 Å². The van der Waals surface area contributed by atoms with Crippen LogP contribution in [-0.2, 0) is 9.68 Å². The van der Waals surface area contributed by atoms with Gasteiger partial charge in [0.1, 0.15) is 5.82 Å². The van der Waals surface area contributed by atoms with Crippen molar-refractivity contribution < 1.29 is 23.4 Å². The number of alkyl halides is 1. The number of anilines is 1.